The number of ether oxygens (including phenoxy) is 2. The molecular formula is C23H31BN6O2S. The number of nitrogens with zero attached hydrogens (tertiary/aromatic N) is 3. The lowest BCUT2D eigenvalue weighted by atomic mass is 9.99. The van der Waals surface area contributed by atoms with Gasteiger partial charge in [-0.1, -0.05) is 12.1 Å². The molecule has 0 radical (unpaired) electrons. The van der Waals surface area contributed by atoms with Crippen LogP contribution < -0.4 is 26.2 Å². The molecule has 0 aliphatic heterocycles. The fourth-order valence-electron chi connectivity index (χ4n) is 2.97. The summed E-state index contributed by atoms with van der Waals surface area (Å²) in [5.74, 6) is 1.86. The van der Waals surface area contributed by atoms with Gasteiger partial charge in [0.1, 0.15) is 26.0 Å². The summed E-state index contributed by atoms with van der Waals surface area (Å²) < 4.78 is 11.1. The van der Waals surface area contributed by atoms with Gasteiger partial charge in [0.25, 0.3) is 0 Å². The van der Waals surface area contributed by atoms with E-state index in [1.807, 2.05) is 64.4 Å². The Morgan fingerprint density at radius 2 is 1.88 bits per heavy atom. The number of nitrogens with one attached hydrogen (secondary N) is 3. The quantitative estimate of drug-likeness (QED) is 0.184. The van der Waals surface area contributed by atoms with Crippen molar-refractivity contribution in [3.05, 3.63) is 48.7 Å². The second-order valence-electron chi connectivity index (χ2n) is 7.77. The number of methoxy groups -OCH3 is 1. The van der Waals surface area contributed by atoms with Crippen molar-refractivity contribution in [3.63, 3.8) is 0 Å². The summed E-state index contributed by atoms with van der Waals surface area (Å²) in [5.41, 5.74) is 3.56. The van der Waals surface area contributed by atoms with E-state index in [4.69, 9.17) is 9.47 Å². The van der Waals surface area contributed by atoms with Gasteiger partial charge in [-0.05, 0) is 43.8 Å². The Hall–Kier alpha value is -2.95. The molecule has 0 atom stereocenters. The molecule has 0 saturated heterocycles. The second-order valence-corrected chi connectivity index (χ2v) is 8.26. The van der Waals surface area contributed by atoms with E-state index in [9.17, 15) is 0 Å². The summed E-state index contributed by atoms with van der Waals surface area (Å²) in [7, 11) is 7.71. The van der Waals surface area contributed by atoms with Crippen molar-refractivity contribution in [1.29, 1.82) is 0 Å². The topological polar surface area (TPSA) is 83.6 Å². The zero-order valence-corrected chi connectivity index (χ0v) is 20.4. The molecule has 3 rings (SSSR count). The van der Waals surface area contributed by atoms with Gasteiger partial charge in [0.05, 0.1) is 18.0 Å². The molecule has 3 N–H and O–H groups in total. The smallest absolute Gasteiger partial charge is 0.229 e. The molecule has 10 heteroatoms. The van der Waals surface area contributed by atoms with Crippen molar-refractivity contribution >= 4 is 54.8 Å². The average Bonchev–Trinajstić information content (AvgIpc) is 2.79. The third-order valence-electron chi connectivity index (χ3n) is 4.79. The zero-order chi connectivity index (χ0) is 23.6. The van der Waals surface area contributed by atoms with Gasteiger partial charge < -0.3 is 30.3 Å². The van der Waals surface area contributed by atoms with E-state index in [1.54, 1.807) is 13.3 Å². The molecule has 0 spiro atoms. The van der Waals surface area contributed by atoms with Crippen LogP contribution in [0.3, 0.4) is 0 Å². The second kappa shape index (κ2) is 12.3. The number of thiol groups is 1. The van der Waals surface area contributed by atoms with E-state index in [-0.39, 0.29) is 0 Å². The first-order valence-corrected chi connectivity index (χ1v) is 11.2. The minimum atomic E-state index is 0.437. The van der Waals surface area contributed by atoms with Gasteiger partial charge in [0.15, 0.2) is 0 Å². The zero-order valence-electron chi connectivity index (χ0n) is 19.6. The summed E-state index contributed by atoms with van der Waals surface area (Å²) in [4.78, 5) is 12.1. The summed E-state index contributed by atoms with van der Waals surface area (Å²) >= 11 is 4.51. The SMILES string of the molecule is Bc1cnc(Nc2ccc(NCCN(C)C)cc2OCCOC)nc1Nc1ccccc1S. The number of anilines is 5. The van der Waals surface area contributed by atoms with Crippen LogP contribution in [-0.2, 0) is 4.74 Å². The largest absolute Gasteiger partial charge is 0.489 e. The van der Waals surface area contributed by atoms with E-state index in [1.165, 1.54) is 0 Å². The lowest BCUT2D eigenvalue weighted by molar-refractivity contribution is 0.147. The molecule has 0 saturated carbocycles. The van der Waals surface area contributed by atoms with Gasteiger partial charge >= 0.3 is 0 Å². The van der Waals surface area contributed by atoms with Crippen LogP contribution in [-0.4, -0.2) is 70.2 Å². The maximum Gasteiger partial charge on any atom is 0.229 e. The molecule has 2 aromatic carbocycles. The van der Waals surface area contributed by atoms with Crippen molar-refractivity contribution < 1.29 is 9.47 Å². The molecule has 174 valence electrons. The highest BCUT2D eigenvalue weighted by Gasteiger charge is 2.11. The highest BCUT2D eigenvalue weighted by molar-refractivity contribution is 7.80. The molecule has 33 heavy (non-hydrogen) atoms. The molecule has 1 heterocycles. The number of aromatic nitrogens is 2. The maximum atomic E-state index is 5.96. The predicted molar refractivity (Wildman–Crippen MR) is 141 cm³/mol. The molecule has 8 nitrogen and oxygen atoms in total. The first kappa shape index (κ1) is 24.7. The van der Waals surface area contributed by atoms with E-state index >= 15 is 0 Å². The van der Waals surface area contributed by atoms with Crippen molar-refractivity contribution in [2.24, 2.45) is 0 Å². The number of likely N-dealkylation sites (N-methyl/N-ethyl adjacent to an activating group) is 1. The number of para-hydroxylation sites is 1. The third-order valence-corrected chi connectivity index (χ3v) is 5.18. The summed E-state index contributed by atoms with van der Waals surface area (Å²) in [6.07, 6.45) is 1.78. The Kier molecular flexibility index (Phi) is 9.23. The van der Waals surface area contributed by atoms with Crippen LogP contribution in [0.25, 0.3) is 0 Å². The molecule has 0 aliphatic carbocycles. The molecule has 0 aliphatic rings. The third kappa shape index (κ3) is 7.56. The number of rotatable bonds is 12. The monoisotopic (exact) mass is 466 g/mol. The van der Waals surface area contributed by atoms with Crippen molar-refractivity contribution in [3.8, 4) is 5.75 Å². The standard InChI is InChI=1S/C23H31BN6O2S/c1-30(2)11-10-25-16-8-9-18(20(14-16)32-13-12-31-3)28-23-26-15-17(24)22(29-23)27-19-6-4-5-7-21(19)33/h4-9,14-15,25,33H,10-13,24H2,1-3H3,(H2,26,27,28,29). The Balaban J connectivity index is 1.79. The fourth-order valence-corrected chi connectivity index (χ4v) is 3.19. The van der Waals surface area contributed by atoms with Gasteiger partial charge in [0, 0.05) is 43.0 Å². The maximum absolute atomic E-state index is 5.96. The van der Waals surface area contributed by atoms with Crippen molar-refractivity contribution in [2.75, 3.05) is 63.5 Å². The predicted octanol–water partition coefficient (Wildman–Crippen LogP) is 2.51. The fraction of sp³-hybridized carbons (Fsp3) is 0.304. The molecular weight excluding hydrogens is 435 g/mol. The normalized spacial score (nSPS) is 10.8. The summed E-state index contributed by atoms with van der Waals surface area (Å²) in [5, 5.41) is 10.0. The van der Waals surface area contributed by atoms with Gasteiger partial charge in [-0.25, -0.2) is 4.98 Å². The number of hydrogen-bond acceptors (Lipinski definition) is 9. The van der Waals surface area contributed by atoms with Crippen molar-refractivity contribution in [2.45, 2.75) is 4.90 Å². The average molecular weight is 466 g/mol. The first-order chi connectivity index (χ1) is 16.0. The lowest BCUT2D eigenvalue weighted by Crippen LogP contribution is -2.20. The van der Waals surface area contributed by atoms with Crippen LogP contribution in [0.15, 0.2) is 53.6 Å². The van der Waals surface area contributed by atoms with Gasteiger partial charge in [-0.15, -0.1) is 12.6 Å². The molecule has 1 aromatic heterocycles. The van der Waals surface area contributed by atoms with E-state index in [0.29, 0.717) is 30.7 Å². The molecule has 0 bridgehead atoms. The Bertz CT molecular complexity index is 1050. The molecule has 0 fully saturated rings. The van der Waals surface area contributed by atoms with Crippen LogP contribution in [0.1, 0.15) is 0 Å². The van der Waals surface area contributed by atoms with E-state index < -0.39 is 0 Å². The highest BCUT2D eigenvalue weighted by atomic mass is 32.1. The highest BCUT2D eigenvalue weighted by Crippen LogP contribution is 2.30. The molecule has 3 aromatic rings. The van der Waals surface area contributed by atoms with Crippen molar-refractivity contribution in [1.82, 2.24) is 14.9 Å². The molecule has 0 unspecified atom stereocenters. The van der Waals surface area contributed by atoms with Crippen LogP contribution in [0.2, 0.25) is 0 Å². The first-order valence-electron chi connectivity index (χ1n) is 10.8. The summed E-state index contributed by atoms with van der Waals surface area (Å²) in [6.45, 7) is 2.70. The Morgan fingerprint density at radius 1 is 1.06 bits per heavy atom. The van der Waals surface area contributed by atoms with Crippen LogP contribution in [0.5, 0.6) is 5.75 Å². The minimum Gasteiger partial charge on any atom is -0.489 e. The Morgan fingerprint density at radius 3 is 2.64 bits per heavy atom. The van der Waals surface area contributed by atoms with E-state index in [2.05, 4.69) is 43.4 Å². The lowest BCUT2D eigenvalue weighted by Gasteiger charge is -2.17. The minimum absolute atomic E-state index is 0.437. The van der Waals surface area contributed by atoms with Crippen LogP contribution in [0, 0.1) is 0 Å². The number of hydrogen-bond donors (Lipinski definition) is 4. The van der Waals surface area contributed by atoms with Gasteiger partial charge in [0.2, 0.25) is 5.95 Å². The van der Waals surface area contributed by atoms with E-state index in [0.717, 1.165) is 40.5 Å². The van der Waals surface area contributed by atoms with Crippen LogP contribution in [0.4, 0.5) is 28.8 Å². The Labute approximate surface area is 201 Å². The van der Waals surface area contributed by atoms with Gasteiger partial charge in [-0.3, -0.25) is 0 Å². The number of benzene rings is 2. The summed E-state index contributed by atoms with van der Waals surface area (Å²) in [6, 6.07) is 13.7. The van der Waals surface area contributed by atoms with Gasteiger partial charge in [-0.2, -0.15) is 4.98 Å². The van der Waals surface area contributed by atoms with Crippen LogP contribution >= 0.6 is 12.6 Å². The molecule has 0 amide bonds.